The van der Waals surface area contributed by atoms with E-state index in [0.717, 1.165) is 6.42 Å². The van der Waals surface area contributed by atoms with Crippen LogP contribution in [0.25, 0.3) is 34.6 Å². The van der Waals surface area contributed by atoms with Crippen molar-refractivity contribution in [2.24, 2.45) is 5.41 Å². The van der Waals surface area contributed by atoms with E-state index in [-0.39, 0.29) is 5.41 Å². The summed E-state index contributed by atoms with van der Waals surface area (Å²) in [5.74, 6) is 0. The molecule has 1 atom stereocenters. The Hall–Kier alpha value is -3.12. The fourth-order valence-electron chi connectivity index (χ4n) is 4.79. The molecule has 0 fully saturated rings. The summed E-state index contributed by atoms with van der Waals surface area (Å²) in [5, 5.41) is 5.30. The molecule has 0 N–H and O–H groups in total. The zero-order chi connectivity index (χ0) is 17.1. The van der Waals surface area contributed by atoms with Crippen LogP contribution in [-0.2, 0) is 0 Å². The largest absolute Gasteiger partial charge is 0.0830 e. The lowest BCUT2D eigenvalue weighted by atomic mass is 9.62. The molecule has 1 unspecified atom stereocenters. The van der Waals surface area contributed by atoms with Crippen molar-refractivity contribution in [3.63, 3.8) is 0 Å². The van der Waals surface area contributed by atoms with Gasteiger partial charge in [0.25, 0.3) is 0 Å². The van der Waals surface area contributed by atoms with Gasteiger partial charge in [0.05, 0.1) is 0 Å². The van der Waals surface area contributed by atoms with Gasteiger partial charge in [-0.05, 0) is 74.2 Å². The maximum Gasteiger partial charge on any atom is 0.0431 e. The van der Waals surface area contributed by atoms with Crippen molar-refractivity contribution in [2.75, 3.05) is 0 Å². The SMILES string of the molecule is C1=CCC23C=c4cc5ccccc5cc4=CC2=Cc2ccccc2C3=C1. The zero-order valence-electron chi connectivity index (χ0n) is 14.4. The van der Waals surface area contributed by atoms with Crippen molar-refractivity contribution in [2.45, 2.75) is 6.42 Å². The fourth-order valence-corrected chi connectivity index (χ4v) is 4.79. The Labute approximate surface area is 152 Å². The second kappa shape index (κ2) is 4.95. The first-order valence-corrected chi connectivity index (χ1v) is 9.26. The van der Waals surface area contributed by atoms with Gasteiger partial charge in [-0.2, -0.15) is 0 Å². The van der Waals surface area contributed by atoms with E-state index >= 15 is 0 Å². The van der Waals surface area contributed by atoms with Crippen molar-refractivity contribution in [3.8, 4) is 0 Å². The smallest absolute Gasteiger partial charge is 0.0431 e. The molecular formula is C26H18. The Kier molecular flexibility index (Phi) is 2.69. The standard InChI is InChI=1S/C26H18/c1-2-8-19-14-22-17-26-12-6-5-11-25(26)24-10-4-3-9-20(24)15-23(26)16-21(22)13-18(19)7-1/h1-11,13-17H,12H2. The van der Waals surface area contributed by atoms with Crippen LogP contribution in [0.15, 0.2) is 84.5 Å². The predicted molar refractivity (Wildman–Crippen MR) is 111 cm³/mol. The van der Waals surface area contributed by atoms with Crippen LogP contribution in [0.3, 0.4) is 0 Å². The molecule has 3 aromatic carbocycles. The molecule has 0 aromatic heterocycles. The molecule has 0 saturated heterocycles. The predicted octanol–water partition coefficient (Wildman–Crippen LogP) is 4.84. The number of allylic oxidation sites excluding steroid dienone is 5. The van der Waals surface area contributed by atoms with Gasteiger partial charge >= 0.3 is 0 Å². The summed E-state index contributed by atoms with van der Waals surface area (Å²) in [6.07, 6.45) is 15.2. The summed E-state index contributed by atoms with van der Waals surface area (Å²) >= 11 is 0. The first-order chi connectivity index (χ1) is 12.8. The van der Waals surface area contributed by atoms with E-state index in [9.17, 15) is 0 Å². The van der Waals surface area contributed by atoms with Crippen LogP contribution in [0, 0.1) is 5.41 Å². The Morgan fingerprint density at radius 1 is 0.769 bits per heavy atom. The van der Waals surface area contributed by atoms with Crippen LogP contribution in [0.5, 0.6) is 0 Å². The molecule has 0 heteroatoms. The van der Waals surface area contributed by atoms with Crippen LogP contribution in [0.4, 0.5) is 0 Å². The molecule has 3 aromatic rings. The highest BCUT2D eigenvalue weighted by Gasteiger charge is 2.40. The van der Waals surface area contributed by atoms with Gasteiger partial charge < -0.3 is 0 Å². The van der Waals surface area contributed by atoms with Gasteiger partial charge in [0.1, 0.15) is 0 Å². The average molecular weight is 330 g/mol. The van der Waals surface area contributed by atoms with E-state index < -0.39 is 0 Å². The van der Waals surface area contributed by atoms with Crippen molar-refractivity contribution >= 4 is 34.6 Å². The Bertz CT molecular complexity index is 1300. The van der Waals surface area contributed by atoms with Gasteiger partial charge in [0, 0.05) is 5.41 Å². The third-order valence-corrected chi connectivity index (χ3v) is 6.06. The summed E-state index contributed by atoms with van der Waals surface area (Å²) in [4.78, 5) is 0. The lowest BCUT2D eigenvalue weighted by Gasteiger charge is -2.41. The van der Waals surface area contributed by atoms with Crippen LogP contribution >= 0.6 is 0 Å². The number of benzene rings is 3. The van der Waals surface area contributed by atoms with Gasteiger partial charge in [-0.1, -0.05) is 72.8 Å². The molecule has 0 aliphatic heterocycles. The quantitative estimate of drug-likeness (QED) is 0.553. The molecular weight excluding hydrogens is 312 g/mol. The van der Waals surface area contributed by atoms with Crippen molar-refractivity contribution < 1.29 is 0 Å². The lowest BCUT2D eigenvalue weighted by molar-refractivity contribution is 0.670. The van der Waals surface area contributed by atoms with E-state index in [1.807, 2.05) is 0 Å². The monoisotopic (exact) mass is 330 g/mol. The Balaban J connectivity index is 1.74. The van der Waals surface area contributed by atoms with Crippen LogP contribution in [-0.4, -0.2) is 0 Å². The van der Waals surface area contributed by atoms with Gasteiger partial charge in [0.2, 0.25) is 0 Å². The molecule has 0 saturated carbocycles. The number of hydrogen-bond donors (Lipinski definition) is 0. The Morgan fingerprint density at radius 2 is 1.54 bits per heavy atom. The first-order valence-electron chi connectivity index (χ1n) is 9.26. The number of hydrogen-bond acceptors (Lipinski definition) is 0. The molecule has 0 heterocycles. The van der Waals surface area contributed by atoms with Gasteiger partial charge in [-0.15, -0.1) is 0 Å². The minimum atomic E-state index is -0.0292. The first kappa shape index (κ1) is 14.1. The highest BCUT2D eigenvalue weighted by atomic mass is 14.4. The maximum atomic E-state index is 2.51. The summed E-state index contributed by atoms with van der Waals surface area (Å²) in [7, 11) is 0. The van der Waals surface area contributed by atoms with Crippen LogP contribution in [0.2, 0.25) is 0 Å². The Morgan fingerprint density at radius 3 is 2.42 bits per heavy atom. The van der Waals surface area contributed by atoms with Gasteiger partial charge in [0.15, 0.2) is 0 Å². The van der Waals surface area contributed by atoms with E-state index in [2.05, 4.69) is 97.1 Å². The molecule has 6 rings (SSSR count). The van der Waals surface area contributed by atoms with Gasteiger partial charge in [-0.3, -0.25) is 0 Å². The minimum absolute atomic E-state index is 0.0292. The highest BCUT2D eigenvalue weighted by Crippen LogP contribution is 2.53. The third-order valence-electron chi connectivity index (χ3n) is 6.06. The summed E-state index contributed by atoms with van der Waals surface area (Å²) in [6.45, 7) is 0. The van der Waals surface area contributed by atoms with E-state index in [1.165, 1.54) is 43.5 Å². The number of rotatable bonds is 0. The normalized spacial score (nSPS) is 22.0. The van der Waals surface area contributed by atoms with Crippen molar-refractivity contribution in [3.05, 3.63) is 106 Å². The van der Waals surface area contributed by atoms with E-state index in [0.29, 0.717) is 0 Å². The second-order valence-electron chi connectivity index (χ2n) is 7.49. The van der Waals surface area contributed by atoms with E-state index in [4.69, 9.17) is 0 Å². The minimum Gasteiger partial charge on any atom is -0.0830 e. The van der Waals surface area contributed by atoms with Crippen LogP contribution in [0.1, 0.15) is 17.5 Å². The van der Waals surface area contributed by atoms with E-state index in [1.54, 1.807) is 0 Å². The third kappa shape index (κ3) is 1.79. The zero-order valence-corrected chi connectivity index (χ0v) is 14.4. The molecule has 0 nitrogen and oxygen atoms in total. The lowest BCUT2D eigenvalue weighted by Crippen LogP contribution is -2.37. The number of fused-ring (bicyclic) bond motifs is 4. The molecule has 0 bridgehead atoms. The van der Waals surface area contributed by atoms with Gasteiger partial charge in [-0.25, -0.2) is 0 Å². The molecule has 26 heavy (non-hydrogen) atoms. The molecule has 3 aliphatic rings. The van der Waals surface area contributed by atoms with Crippen LogP contribution < -0.4 is 10.4 Å². The van der Waals surface area contributed by atoms with Crippen molar-refractivity contribution in [1.29, 1.82) is 0 Å². The molecule has 3 aliphatic carbocycles. The summed E-state index contributed by atoms with van der Waals surface area (Å²) in [6, 6.07) is 22.1. The highest BCUT2D eigenvalue weighted by molar-refractivity contribution is 5.96. The summed E-state index contributed by atoms with van der Waals surface area (Å²) in [5.41, 5.74) is 5.51. The topological polar surface area (TPSA) is 0 Å². The van der Waals surface area contributed by atoms with Crippen molar-refractivity contribution in [1.82, 2.24) is 0 Å². The second-order valence-corrected chi connectivity index (χ2v) is 7.49. The molecule has 0 radical (unpaired) electrons. The molecule has 1 spiro atoms. The average Bonchev–Trinajstić information content (AvgIpc) is 2.68. The maximum absolute atomic E-state index is 2.51. The fraction of sp³-hybridized carbons (Fsp3) is 0.0769. The summed E-state index contributed by atoms with van der Waals surface area (Å²) < 4.78 is 0. The molecule has 122 valence electrons. The molecule has 0 amide bonds.